The molecule has 2 heterocycles. The van der Waals surface area contributed by atoms with Crippen molar-refractivity contribution in [2.24, 2.45) is 10.9 Å². The number of hydrogen-bond acceptors (Lipinski definition) is 5. The van der Waals surface area contributed by atoms with Gasteiger partial charge in [-0.25, -0.2) is 0 Å². The molecular weight excluding hydrogens is 593 g/mol. The first kappa shape index (κ1) is 32.0. The normalized spacial score (nSPS) is 20.2. The van der Waals surface area contributed by atoms with E-state index in [0.717, 1.165) is 44.5 Å². The Morgan fingerprint density at radius 1 is 0.932 bits per heavy atom. The topological polar surface area (TPSA) is 71.0 Å². The van der Waals surface area contributed by atoms with E-state index in [9.17, 15) is 9.59 Å². The third-order valence-electron chi connectivity index (χ3n) is 9.10. The van der Waals surface area contributed by atoms with E-state index < -0.39 is 17.8 Å². The molecule has 0 bridgehead atoms. The molecule has 5 rings (SSSR count). The number of nitrogens with one attached hydrogen (secondary N) is 1. The Morgan fingerprint density at radius 2 is 1.55 bits per heavy atom. The Balaban J connectivity index is 1.24. The standard InChI is InChI=1S/C36H39Cl2N3O3/c1-24-32(35(43)44-3)33(26-16-17-29(37)30(38)23-26)34(25(2)39-24)40-31(42)15-10-20-41-21-18-36(19-22-41,27-11-6-4-7-12-27)28-13-8-5-9-14-28/h4-9,11-14,16-17,23,32-33H,10,15,18-22H2,1-3H3,(H,40,42). The number of aliphatic imine (C=N–C) groups is 1. The molecule has 0 aromatic heterocycles. The largest absolute Gasteiger partial charge is 0.468 e. The van der Waals surface area contributed by atoms with Gasteiger partial charge in [-0.3, -0.25) is 14.6 Å². The molecule has 1 saturated heterocycles. The second-order valence-corrected chi connectivity index (χ2v) is 12.5. The fourth-order valence-corrected chi connectivity index (χ4v) is 7.09. The Bertz CT molecular complexity index is 1510. The van der Waals surface area contributed by atoms with Gasteiger partial charge < -0.3 is 15.0 Å². The van der Waals surface area contributed by atoms with Gasteiger partial charge in [0.05, 0.1) is 22.9 Å². The lowest BCUT2D eigenvalue weighted by atomic mass is 9.68. The molecule has 2 atom stereocenters. The first-order valence-electron chi connectivity index (χ1n) is 15.2. The Labute approximate surface area is 270 Å². The van der Waals surface area contributed by atoms with E-state index in [-0.39, 0.29) is 11.3 Å². The zero-order valence-corrected chi connectivity index (χ0v) is 27.0. The second kappa shape index (κ2) is 14.1. The highest BCUT2D eigenvalue weighted by Crippen LogP contribution is 2.42. The number of allylic oxidation sites excluding steroid dienone is 2. The van der Waals surface area contributed by atoms with Crippen LogP contribution in [0.4, 0.5) is 0 Å². The second-order valence-electron chi connectivity index (χ2n) is 11.7. The molecule has 44 heavy (non-hydrogen) atoms. The average Bonchev–Trinajstić information content (AvgIpc) is 3.04. The number of amides is 1. The van der Waals surface area contributed by atoms with Crippen molar-refractivity contribution in [3.63, 3.8) is 0 Å². The number of esters is 1. The molecule has 0 aliphatic carbocycles. The molecule has 8 heteroatoms. The van der Waals surface area contributed by atoms with Gasteiger partial charge in [-0.15, -0.1) is 0 Å². The van der Waals surface area contributed by atoms with Crippen molar-refractivity contribution < 1.29 is 14.3 Å². The third kappa shape index (κ3) is 6.78. The van der Waals surface area contributed by atoms with Crippen LogP contribution in [0.1, 0.15) is 62.1 Å². The molecule has 1 fully saturated rings. The van der Waals surface area contributed by atoms with Crippen LogP contribution >= 0.6 is 23.2 Å². The van der Waals surface area contributed by atoms with Crippen LogP contribution < -0.4 is 5.32 Å². The fraction of sp³-hybridized carbons (Fsp3) is 0.361. The predicted octanol–water partition coefficient (Wildman–Crippen LogP) is 7.55. The van der Waals surface area contributed by atoms with Crippen molar-refractivity contribution in [1.29, 1.82) is 0 Å². The lowest BCUT2D eigenvalue weighted by Gasteiger charge is -2.43. The summed E-state index contributed by atoms with van der Waals surface area (Å²) in [6.45, 7) is 6.41. The summed E-state index contributed by atoms with van der Waals surface area (Å²) in [5.74, 6) is -1.74. The van der Waals surface area contributed by atoms with Crippen LogP contribution in [0.3, 0.4) is 0 Å². The number of hydrogen-bond donors (Lipinski definition) is 1. The molecule has 0 radical (unpaired) electrons. The molecule has 2 unspecified atom stereocenters. The average molecular weight is 633 g/mol. The minimum atomic E-state index is -0.695. The lowest BCUT2D eigenvalue weighted by molar-refractivity contribution is -0.143. The van der Waals surface area contributed by atoms with Crippen molar-refractivity contribution in [2.75, 3.05) is 26.7 Å². The Morgan fingerprint density at radius 3 is 2.11 bits per heavy atom. The van der Waals surface area contributed by atoms with Crippen molar-refractivity contribution in [1.82, 2.24) is 10.2 Å². The highest BCUT2D eigenvalue weighted by atomic mass is 35.5. The zero-order valence-electron chi connectivity index (χ0n) is 25.5. The van der Waals surface area contributed by atoms with Crippen molar-refractivity contribution in [3.8, 4) is 0 Å². The smallest absolute Gasteiger partial charge is 0.315 e. The number of nitrogens with zero attached hydrogens (tertiary/aromatic N) is 2. The van der Waals surface area contributed by atoms with Crippen LogP contribution in [0, 0.1) is 5.92 Å². The van der Waals surface area contributed by atoms with Crippen LogP contribution in [-0.2, 0) is 19.7 Å². The number of carbonyl (C=O) groups is 2. The number of benzene rings is 3. The number of likely N-dealkylation sites (tertiary alicyclic amines) is 1. The summed E-state index contributed by atoms with van der Waals surface area (Å²) < 4.78 is 5.14. The van der Waals surface area contributed by atoms with Crippen LogP contribution in [0.25, 0.3) is 0 Å². The summed E-state index contributed by atoms with van der Waals surface area (Å²) in [5.41, 5.74) is 5.34. The van der Waals surface area contributed by atoms with Crippen LogP contribution in [0.2, 0.25) is 10.0 Å². The number of ether oxygens (including phenoxy) is 1. The molecule has 0 saturated carbocycles. The molecule has 6 nitrogen and oxygen atoms in total. The van der Waals surface area contributed by atoms with Gasteiger partial charge in [-0.1, -0.05) is 89.9 Å². The van der Waals surface area contributed by atoms with Gasteiger partial charge in [-0.2, -0.15) is 0 Å². The van der Waals surface area contributed by atoms with Gasteiger partial charge in [-0.05, 0) is 81.6 Å². The molecule has 1 amide bonds. The van der Waals surface area contributed by atoms with Gasteiger partial charge in [0.1, 0.15) is 5.92 Å². The van der Waals surface area contributed by atoms with E-state index >= 15 is 0 Å². The summed E-state index contributed by atoms with van der Waals surface area (Å²) in [4.78, 5) is 33.3. The molecule has 1 N–H and O–H groups in total. The minimum absolute atomic E-state index is 0.00419. The fourth-order valence-electron chi connectivity index (χ4n) is 6.79. The van der Waals surface area contributed by atoms with Gasteiger partial charge in [0.25, 0.3) is 0 Å². The van der Waals surface area contributed by atoms with Crippen LogP contribution in [0.15, 0.2) is 95.2 Å². The van der Waals surface area contributed by atoms with E-state index in [1.54, 1.807) is 19.1 Å². The van der Waals surface area contributed by atoms with E-state index in [1.807, 2.05) is 13.0 Å². The highest BCUT2D eigenvalue weighted by molar-refractivity contribution is 6.42. The first-order chi connectivity index (χ1) is 21.2. The number of methoxy groups -OCH3 is 1. The maximum atomic E-state index is 13.3. The molecule has 3 aromatic carbocycles. The van der Waals surface area contributed by atoms with Gasteiger partial charge in [0, 0.05) is 29.2 Å². The van der Waals surface area contributed by atoms with Crippen molar-refractivity contribution in [2.45, 2.75) is 50.9 Å². The molecule has 2 aliphatic heterocycles. The monoisotopic (exact) mass is 631 g/mol. The number of rotatable bonds is 9. The number of carbonyl (C=O) groups excluding carboxylic acids is 2. The predicted molar refractivity (Wildman–Crippen MR) is 177 cm³/mol. The van der Waals surface area contributed by atoms with Crippen molar-refractivity contribution >= 4 is 40.8 Å². The summed E-state index contributed by atoms with van der Waals surface area (Å²) >= 11 is 12.6. The zero-order chi connectivity index (χ0) is 31.3. The quantitative estimate of drug-likeness (QED) is 0.248. The van der Waals surface area contributed by atoms with E-state index in [0.29, 0.717) is 33.6 Å². The van der Waals surface area contributed by atoms with Crippen LogP contribution in [-0.4, -0.2) is 49.2 Å². The molecule has 3 aromatic rings. The molecule has 2 aliphatic rings. The number of halogens is 2. The summed E-state index contributed by atoms with van der Waals surface area (Å²) in [6, 6.07) is 26.9. The molecular formula is C36H39Cl2N3O3. The lowest BCUT2D eigenvalue weighted by Crippen LogP contribution is -2.43. The Hall–Kier alpha value is -3.45. The maximum Gasteiger partial charge on any atom is 0.315 e. The SMILES string of the molecule is COC(=O)C1C(C)=NC(C)=C(NC(=O)CCCN2CCC(c3ccccc3)(c3ccccc3)CC2)C1c1ccc(Cl)c(Cl)c1. The molecule has 230 valence electrons. The summed E-state index contributed by atoms with van der Waals surface area (Å²) in [5, 5.41) is 3.90. The minimum Gasteiger partial charge on any atom is -0.468 e. The van der Waals surface area contributed by atoms with Gasteiger partial charge in [0.15, 0.2) is 0 Å². The molecule has 0 spiro atoms. The van der Waals surface area contributed by atoms with E-state index in [2.05, 4.69) is 75.9 Å². The first-order valence-corrected chi connectivity index (χ1v) is 15.9. The van der Waals surface area contributed by atoms with E-state index in [4.69, 9.17) is 27.9 Å². The summed E-state index contributed by atoms with van der Waals surface area (Å²) in [6.07, 6.45) is 3.13. The summed E-state index contributed by atoms with van der Waals surface area (Å²) in [7, 11) is 1.36. The van der Waals surface area contributed by atoms with Gasteiger partial charge >= 0.3 is 5.97 Å². The number of piperidine rings is 1. The van der Waals surface area contributed by atoms with E-state index in [1.165, 1.54) is 18.2 Å². The third-order valence-corrected chi connectivity index (χ3v) is 9.84. The van der Waals surface area contributed by atoms with Crippen LogP contribution in [0.5, 0.6) is 0 Å². The highest BCUT2D eigenvalue weighted by Gasteiger charge is 2.40. The Kier molecular flexibility index (Phi) is 10.2. The maximum absolute atomic E-state index is 13.3. The van der Waals surface area contributed by atoms with Crippen molar-refractivity contribution in [3.05, 3.63) is 117 Å². The van der Waals surface area contributed by atoms with Gasteiger partial charge in [0.2, 0.25) is 5.91 Å².